The predicted molar refractivity (Wildman–Crippen MR) is 69.8 cm³/mol. The second-order valence-electron chi connectivity index (χ2n) is 4.79. The number of nitrogens with one attached hydrogen (secondary N) is 1. The third-order valence-electron chi connectivity index (χ3n) is 3.86. The van der Waals surface area contributed by atoms with Crippen molar-refractivity contribution < 1.29 is 9.15 Å². The highest BCUT2D eigenvalue weighted by molar-refractivity contribution is 5.79. The Hall–Kier alpha value is -1.55. The van der Waals surface area contributed by atoms with Gasteiger partial charge in [-0.2, -0.15) is 0 Å². The molecule has 1 saturated heterocycles. The Morgan fingerprint density at radius 3 is 3.06 bits per heavy atom. The molecule has 2 aromatic rings. The molecule has 1 N–H and O–H groups in total. The third kappa shape index (κ3) is 1.60. The molecule has 0 aliphatic carbocycles. The van der Waals surface area contributed by atoms with Crippen LogP contribution in [0.15, 0.2) is 22.6 Å². The van der Waals surface area contributed by atoms with Crippen molar-refractivity contribution in [2.75, 3.05) is 13.7 Å². The normalized spacial score (nSPS) is 23.7. The van der Waals surface area contributed by atoms with Gasteiger partial charge in [-0.25, -0.2) is 4.98 Å². The van der Waals surface area contributed by atoms with E-state index in [1.165, 1.54) is 6.42 Å². The maximum Gasteiger partial charge on any atom is 0.215 e. The minimum atomic E-state index is -0.0932. The van der Waals surface area contributed by atoms with Crippen LogP contribution >= 0.6 is 0 Å². The first-order valence-corrected chi connectivity index (χ1v) is 6.48. The van der Waals surface area contributed by atoms with Crippen LogP contribution < -0.4 is 10.1 Å². The maximum atomic E-state index is 5.94. The summed E-state index contributed by atoms with van der Waals surface area (Å²) in [4.78, 5) is 4.65. The van der Waals surface area contributed by atoms with Crippen LogP contribution in [0.1, 0.15) is 32.1 Å². The van der Waals surface area contributed by atoms with Crippen LogP contribution in [0.3, 0.4) is 0 Å². The Bertz CT molecular complexity index is 556. The molecule has 1 fully saturated rings. The molecule has 1 atom stereocenters. The van der Waals surface area contributed by atoms with E-state index in [0.717, 1.165) is 42.1 Å². The summed E-state index contributed by atoms with van der Waals surface area (Å²) in [6, 6.07) is 5.78. The molecule has 1 aromatic heterocycles. The van der Waals surface area contributed by atoms with Gasteiger partial charge in [0.1, 0.15) is 5.75 Å². The topological polar surface area (TPSA) is 47.3 Å². The van der Waals surface area contributed by atoms with E-state index >= 15 is 0 Å². The van der Waals surface area contributed by atoms with Crippen molar-refractivity contribution in [1.82, 2.24) is 10.3 Å². The van der Waals surface area contributed by atoms with Crippen molar-refractivity contribution in [3.05, 3.63) is 24.1 Å². The standard InChI is InChI=1S/C14H18N2O2/c1-3-14(8-5-9-15-14)13-16-12-10(17-2)6-4-7-11(12)18-13/h4,6-7,15H,3,5,8-9H2,1-2H3. The molecule has 4 heteroatoms. The van der Waals surface area contributed by atoms with Crippen LogP contribution in [0.5, 0.6) is 5.75 Å². The number of aromatic nitrogens is 1. The van der Waals surface area contributed by atoms with Gasteiger partial charge in [-0.3, -0.25) is 0 Å². The number of fused-ring (bicyclic) bond motifs is 1. The van der Waals surface area contributed by atoms with Crippen molar-refractivity contribution in [1.29, 1.82) is 0 Å². The highest BCUT2D eigenvalue weighted by Crippen LogP contribution is 2.36. The number of hydrogen-bond donors (Lipinski definition) is 1. The van der Waals surface area contributed by atoms with Crippen molar-refractivity contribution in [3.63, 3.8) is 0 Å². The SMILES string of the molecule is CCC1(c2nc3c(OC)cccc3o2)CCCN1. The zero-order chi connectivity index (χ0) is 12.6. The highest BCUT2D eigenvalue weighted by Gasteiger charge is 2.38. The summed E-state index contributed by atoms with van der Waals surface area (Å²) >= 11 is 0. The van der Waals surface area contributed by atoms with Crippen LogP contribution in [0, 0.1) is 0 Å². The van der Waals surface area contributed by atoms with Crippen LogP contribution in [0.2, 0.25) is 0 Å². The number of ether oxygens (including phenoxy) is 1. The van der Waals surface area contributed by atoms with Crippen molar-refractivity contribution >= 4 is 11.1 Å². The van der Waals surface area contributed by atoms with Crippen LogP contribution in [-0.4, -0.2) is 18.6 Å². The molecule has 18 heavy (non-hydrogen) atoms. The quantitative estimate of drug-likeness (QED) is 0.904. The smallest absolute Gasteiger partial charge is 0.215 e. The molecule has 0 spiro atoms. The lowest BCUT2D eigenvalue weighted by Crippen LogP contribution is -2.36. The second-order valence-corrected chi connectivity index (χ2v) is 4.79. The fourth-order valence-electron chi connectivity index (χ4n) is 2.73. The molecule has 96 valence electrons. The molecule has 0 radical (unpaired) electrons. The predicted octanol–water partition coefficient (Wildman–Crippen LogP) is 2.83. The van der Waals surface area contributed by atoms with E-state index in [1.54, 1.807) is 7.11 Å². The van der Waals surface area contributed by atoms with Gasteiger partial charge in [0.15, 0.2) is 11.1 Å². The lowest BCUT2D eigenvalue weighted by Gasteiger charge is -2.23. The molecular weight excluding hydrogens is 228 g/mol. The fraction of sp³-hybridized carbons (Fsp3) is 0.500. The van der Waals surface area contributed by atoms with Gasteiger partial charge in [-0.15, -0.1) is 0 Å². The molecule has 3 rings (SSSR count). The number of para-hydroxylation sites is 1. The number of oxazole rings is 1. The minimum absolute atomic E-state index is 0.0932. The van der Waals surface area contributed by atoms with Gasteiger partial charge in [-0.1, -0.05) is 13.0 Å². The molecule has 4 nitrogen and oxygen atoms in total. The van der Waals surface area contributed by atoms with Gasteiger partial charge in [0.2, 0.25) is 5.89 Å². The average Bonchev–Trinajstić information content (AvgIpc) is 3.04. The molecular formula is C14H18N2O2. The van der Waals surface area contributed by atoms with E-state index in [4.69, 9.17) is 9.15 Å². The van der Waals surface area contributed by atoms with Gasteiger partial charge in [0, 0.05) is 0 Å². The van der Waals surface area contributed by atoms with E-state index in [9.17, 15) is 0 Å². The van der Waals surface area contributed by atoms with E-state index in [2.05, 4.69) is 17.2 Å². The molecule has 1 aliphatic rings. The highest BCUT2D eigenvalue weighted by atomic mass is 16.5. The van der Waals surface area contributed by atoms with E-state index in [1.807, 2.05) is 18.2 Å². The summed E-state index contributed by atoms with van der Waals surface area (Å²) < 4.78 is 11.3. The molecule has 1 unspecified atom stereocenters. The fourth-order valence-corrected chi connectivity index (χ4v) is 2.73. The first-order valence-electron chi connectivity index (χ1n) is 6.48. The minimum Gasteiger partial charge on any atom is -0.494 e. The Balaban J connectivity index is 2.13. The number of methoxy groups -OCH3 is 1. The molecule has 1 aromatic carbocycles. The molecule has 0 saturated carbocycles. The number of rotatable bonds is 3. The molecule has 0 bridgehead atoms. The third-order valence-corrected chi connectivity index (χ3v) is 3.86. The lowest BCUT2D eigenvalue weighted by molar-refractivity contribution is 0.292. The van der Waals surface area contributed by atoms with Gasteiger partial charge in [0.05, 0.1) is 12.6 Å². The largest absolute Gasteiger partial charge is 0.494 e. The average molecular weight is 246 g/mol. The van der Waals surface area contributed by atoms with Crippen molar-refractivity contribution in [2.45, 2.75) is 31.7 Å². The summed E-state index contributed by atoms with van der Waals surface area (Å²) in [7, 11) is 1.66. The van der Waals surface area contributed by atoms with Crippen LogP contribution in [0.25, 0.3) is 11.1 Å². The number of hydrogen-bond acceptors (Lipinski definition) is 4. The molecule has 1 aliphatic heterocycles. The van der Waals surface area contributed by atoms with Gasteiger partial charge < -0.3 is 14.5 Å². The van der Waals surface area contributed by atoms with Crippen molar-refractivity contribution in [3.8, 4) is 5.75 Å². The molecule has 2 heterocycles. The monoisotopic (exact) mass is 246 g/mol. The Morgan fingerprint density at radius 2 is 2.39 bits per heavy atom. The number of nitrogens with zero attached hydrogens (tertiary/aromatic N) is 1. The zero-order valence-corrected chi connectivity index (χ0v) is 10.8. The Labute approximate surface area is 106 Å². The van der Waals surface area contributed by atoms with E-state index in [0.29, 0.717) is 0 Å². The summed E-state index contributed by atoms with van der Waals surface area (Å²) in [5.74, 6) is 1.56. The maximum absolute atomic E-state index is 5.94. The summed E-state index contributed by atoms with van der Waals surface area (Å²) in [6.45, 7) is 3.20. The number of benzene rings is 1. The summed E-state index contributed by atoms with van der Waals surface area (Å²) in [5, 5.41) is 3.54. The molecule has 0 amide bonds. The van der Waals surface area contributed by atoms with E-state index < -0.39 is 0 Å². The van der Waals surface area contributed by atoms with Crippen molar-refractivity contribution in [2.24, 2.45) is 0 Å². The summed E-state index contributed by atoms with van der Waals surface area (Å²) in [6.07, 6.45) is 3.24. The second kappa shape index (κ2) is 4.28. The van der Waals surface area contributed by atoms with Crippen LogP contribution in [-0.2, 0) is 5.54 Å². The summed E-state index contributed by atoms with van der Waals surface area (Å²) in [5.41, 5.74) is 1.52. The van der Waals surface area contributed by atoms with Gasteiger partial charge in [0.25, 0.3) is 0 Å². The first-order chi connectivity index (χ1) is 8.79. The lowest BCUT2D eigenvalue weighted by atomic mass is 9.94. The Morgan fingerprint density at radius 1 is 1.50 bits per heavy atom. The van der Waals surface area contributed by atoms with Gasteiger partial charge in [-0.05, 0) is 37.9 Å². The Kier molecular flexibility index (Phi) is 2.74. The first kappa shape index (κ1) is 11.5. The zero-order valence-electron chi connectivity index (χ0n) is 10.8. The van der Waals surface area contributed by atoms with Crippen LogP contribution in [0.4, 0.5) is 0 Å². The van der Waals surface area contributed by atoms with E-state index in [-0.39, 0.29) is 5.54 Å². The van der Waals surface area contributed by atoms with Gasteiger partial charge >= 0.3 is 0 Å².